The zero-order chi connectivity index (χ0) is 22.3. The van der Waals surface area contributed by atoms with E-state index in [4.69, 9.17) is 0 Å². The second-order valence-electron chi connectivity index (χ2n) is 8.06. The van der Waals surface area contributed by atoms with Crippen molar-refractivity contribution in [3.05, 3.63) is 29.1 Å². The van der Waals surface area contributed by atoms with Gasteiger partial charge in [-0.3, -0.25) is 19.7 Å². The Morgan fingerprint density at radius 2 is 1.84 bits per heavy atom. The third-order valence-corrected chi connectivity index (χ3v) is 8.10. The SMILES string of the molecule is CCCS(=O)(=O)N1CCN(c2cc3c(cc2F)C(=O)N(C2CCC(=O)NC2=O)C3)CC1. The molecule has 4 rings (SSSR count). The third-order valence-electron chi connectivity index (χ3n) is 6.03. The predicted octanol–water partition coefficient (Wildman–Crippen LogP) is 0.449. The van der Waals surface area contributed by atoms with Crippen LogP contribution < -0.4 is 10.2 Å². The van der Waals surface area contributed by atoms with E-state index in [0.717, 1.165) is 0 Å². The fourth-order valence-electron chi connectivity index (χ4n) is 4.41. The van der Waals surface area contributed by atoms with Crippen molar-refractivity contribution in [2.24, 2.45) is 0 Å². The van der Waals surface area contributed by atoms with Gasteiger partial charge in [0, 0.05) is 44.7 Å². The lowest BCUT2D eigenvalue weighted by Gasteiger charge is -2.35. The minimum absolute atomic E-state index is 0.0957. The number of anilines is 1. The Morgan fingerprint density at radius 3 is 2.48 bits per heavy atom. The van der Waals surface area contributed by atoms with Crippen molar-refractivity contribution in [3.8, 4) is 0 Å². The standard InChI is InChI=1S/C20H25FN4O5S/c1-2-9-31(29,30)24-7-5-23(6-8-24)17-10-13-12-25(20(28)14(13)11-15(17)21)16-3-4-18(26)22-19(16)27/h10-11,16H,2-9,12H2,1H3,(H,22,26,27). The predicted molar refractivity (Wildman–Crippen MR) is 110 cm³/mol. The summed E-state index contributed by atoms with van der Waals surface area (Å²) in [6.45, 7) is 3.24. The molecule has 0 bridgehead atoms. The van der Waals surface area contributed by atoms with Crippen molar-refractivity contribution in [1.82, 2.24) is 14.5 Å². The molecule has 3 amide bonds. The maximum absolute atomic E-state index is 14.9. The largest absolute Gasteiger partial charge is 0.367 e. The first-order valence-corrected chi connectivity index (χ1v) is 12.0. The monoisotopic (exact) mass is 452 g/mol. The van der Waals surface area contributed by atoms with Gasteiger partial charge < -0.3 is 9.80 Å². The Kier molecular flexibility index (Phi) is 5.73. The van der Waals surface area contributed by atoms with Gasteiger partial charge >= 0.3 is 0 Å². The highest BCUT2D eigenvalue weighted by Gasteiger charge is 2.40. The third kappa shape index (κ3) is 4.03. The van der Waals surface area contributed by atoms with Crippen LogP contribution >= 0.6 is 0 Å². The molecule has 0 aliphatic carbocycles. The molecule has 3 aliphatic rings. The van der Waals surface area contributed by atoms with Crippen LogP contribution in [0.3, 0.4) is 0 Å². The maximum atomic E-state index is 14.9. The van der Waals surface area contributed by atoms with Gasteiger partial charge in [-0.25, -0.2) is 12.8 Å². The molecule has 9 nitrogen and oxygen atoms in total. The smallest absolute Gasteiger partial charge is 0.255 e. The van der Waals surface area contributed by atoms with Gasteiger partial charge in [0.2, 0.25) is 21.8 Å². The molecular weight excluding hydrogens is 427 g/mol. The van der Waals surface area contributed by atoms with Crippen LogP contribution in [0, 0.1) is 5.82 Å². The van der Waals surface area contributed by atoms with Gasteiger partial charge in [-0.2, -0.15) is 4.31 Å². The van der Waals surface area contributed by atoms with Crippen molar-refractivity contribution in [2.45, 2.75) is 38.8 Å². The molecule has 1 atom stereocenters. The summed E-state index contributed by atoms with van der Waals surface area (Å²) in [4.78, 5) is 39.5. The molecule has 1 aromatic rings. The average Bonchev–Trinajstić information content (AvgIpc) is 3.03. The van der Waals surface area contributed by atoms with Gasteiger partial charge in [0.1, 0.15) is 11.9 Å². The first-order chi connectivity index (χ1) is 14.7. The molecule has 0 spiro atoms. The fraction of sp³-hybridized carbons (Fsp3) is 0.550. The molecule has 3 heterocycles. The summed E-state index contributed by atoms with van der Waals surface area (Å²) in [5.41, 5.74) is 1.16. The Labute approximate surface area is 180 Å². The molecule has 0 saturated carbocycles. The average molecular weight is 453 g/mol. The number of piperidine rings is 1. The second kappa shape index (κ2) is 8.19. The summed E-state index contributed by atoms with van der Waals surface area (Å²) in [6.07, 6.45) is 0.939. The Balaban J connectivity index is 1.50. The molecular formula is C20H25FN4O5S. The molecule has 1 unspecified atom stereocenters. The van der Waals surface area contributed by atoms with Gasteiger partial charge in [0.05, 0.1) is 11.4 Å². The number of benzene rings is 1. The number of halogens is 1. The number of sulfonamides is 1. The number of hydrogen-bond donors (Lipinski definition) is 1. The van der Waals surface area contributed by atoms with Crippen molar-refractivity contribution in [2.75, 3.05) is 36.8 Å². The number of rotatable bonds is 5. The van der Waals surface area contributed by atoms with E-state index in [0.29, 0.717) is 30.8 Å². The Bertz CT molecular complexity index is 1040. The second-order valence-corrected chi connectivity index (χ2v) is 10.2. The molecule has 2 fully saturated rings. The summed E-state index contributed by atoms with van der Waals surface area (Å²) < 4.78 is 40.8. The minimum atomic E-state index is -3.30. The summed E-state index contributed by atoms with van der Waals surface area (Å²) in [5, 5.41) is 2.25. The molecule has 11 heteroatoms. The number of carbonyl (C=O) groups is 3. The molecule has 2 saturated heterocycles. The van der Waals surface area contributed by atoms with Crippen LogP contribution in [0.2, 0.25) is 0 Å². The van der Waals surface area contributed by atoms with E-state index < -0.39 is 33.7 Å². The lowest BCUT2D eigenvalue weighted by molar-refractivity contribution is -0.136. The van der Waals surface area contributed by atoms with E-state index in [1.165, 1.54) is 15.3 Å². The minimum Gasteiger partial charge on any atom is -0.367 e. The van der Waals surface area contributed by atoms with Crippen LogP contribution in [0.25, 0.3) is 0 Å². The molecule has 0 radical (unpaired) electrons. The van der Waals surface area contributed by atoms with Gasteiger partial charge in [-0.05, 0) is 30.5 Å². The number of fused-ring (bicyclic) bond motifs is 1. The number of carbonyl (C=O) groups excluding carboxylic acids is 3. The van der Waals surface area contributed by atoms with Gasteiger partial charge in [-0.15, -0.1) is 0 Å². The van der Waals surface area contributed by atoms with Gasteiger partial charge in [-0.1, -0.05) is 6.92 Å². The van der Waals surface area contributed by atoms with Crippen LogP contribution in [-0.2, 0) is 26.2 Å². The van der Waals surface area contributed by atoms with Crippen LogP contribution in [-0.4, -0.2) is 73.3 Å². The van der Waals surface area contributed by atoms with Gasteiger partial charge in [0.15, 0.2) is 0 Å². The zero-order valence-electron chi connectivity index (χ0n) is 17.3. The van der Waals surface area contributed by atoms with E-state index in [2.05, 4.69) is 5.32 Å². The van der Waals surface area contributed by atoms with E-state index in [1.54, 1.807) is 11.0 Å². The van der Waals surface area contributed by atoms with Crippen LogP contribution in [0.5, 0.6) is 0 Å². The number of amides is 3. The van der Waals surface area contributed by atoms with E-state index in [1.807, 2.05) is 6.92 Å². The maximum Gasteiger partial charge on any atom is 0.255 e. The molecule has 1 aromatic carbocycles. The van der Waals surface area contributed by atoms with E-state index in [-0.39, 0.29) is 49.7 Å². The number of piperazine rings is 1. The summed E-state index contributed by atoms with van der Waals surface area (Å²) in [5.74, 6) is -1.76. The Morgan fingerprint density at radius 1 is 1.13 bits per heavy atom. The summed E-state index contributed by atoms with van der Waals surface area (Å²) >= 11 is 0. The number of nitrogens with zero attached hydrogens (tertiary/aromatic N) is 3. The van der Waals surface area contributed by atoms with E-state index >= 15 is 0 Å². The molecule has 1 N–H and O–H groups in total. The van der Waals surface area contributed by atoms with Crippen molar-refractivity contribution < 1.29 is 27.2 Å². The highest BCUT2D eigenvalue weighted by atomic mass is 32.2. The van der Waals surface area contributed by atoms with Crippen molar-refractivity contribution >= 4 is 33.4 Å². The van der Waals surface area contributed by atoms with Crippen LogP contribution in [0.15, 0.2) is 12.1 Å². The lowest BCUT2D eigenvalue weighted by atomic mass is 10.0. The summed E-state index contributed by atoms with van der Waals surface area (Å²) in [7, 11) is -3.30. The zero-order valence-corrected chi connectivity index (χ0v) is 18.1. The fourth-order valence-corrected chi connectivity index (χ4v) is 5.91. The lowest BCUT2D eigenvalue weighted by Crippen LogP contribution is -2.52. The van der Waals surface area contributed by atoms with Crippen LogP contribution in [0.4, 0.5) is 10.1 Å². The molecule has 3 aliphatic heterocycles. The summed E-state index contributed by atoms with van der Waals surface area (Å²) in [6, 6.07) is 2.06. The van der Waals surface area contributed by atoms with Crippen molar-refractivity contribution in [3.63, 3.8) is 0 Å². The highest BCUT2D eigenvalue weighted by molar-refractivity contribution is 7.89. The van der Waals surface area contributed by atoms with E-state index in [9.17, 15) is 27.2 Å². The quantitative estimate of drug-likeness (QED) is 0.650. The number of imide groups is 1. The normalized spacial score (nSPS) is 22.6. The molecule has 168 valence electrons. The van der Waals surface area contributed by atoms with Crippen LogP contribution in [0.1, 0.15) is 42.1 Å². The first-order valence-electron chi connectivity index (χ1n) is 10.4. The molecule has 31 heavy (non-hydrogen) atoms. The first kappa shape index (κ1) is 21.7. The number of nitrogens with one attached hydrogen (secondary N) is 1. The van der Waals surface area contributed by atoms with Crippen molar-refractivity contribution in [1.29, 1.82) is 0 Å². The number of hydrogen-bond acceptors (Lipinski definition) is 6. The topological polar surface area (TPSA) is 107 Å². The Hall–Kier alpha value is -2.53. The highest BCUT2D eigenvalue weighted by Crippen LogP contribution is 2.33. The van der Waals surface area contributed by atoms with Gasteiger partial charge in [0.25, 0.3) is 5.91 Å². The molecule has 0 aromatic heterocycles.